The molecule has 0 atom stereocenters. The summed E-state index contributed by atoms with van der Waals surface area (Å²) in [6.45, 7) is 5.98. The lowest BCUT2D eigenvalue weighted by atomic mass is 10.0. The molecule has 0 aliphatic carbocycles. The van der Waals surface area contributed by atoms with Gasteiger partial charge in [-0.3, -0.25) is 19.5 Å². The van der Waals surface area contributed by atoms with Gasteiger partial charge in [-0.15, -0.1) is 10.2 Å². The van der Waals surface area contributed by atoms with Gasteiger partial charge in [0.2, 0.25) is 0 Å². The summed E-state index contributed by atoms with van der Waals surface area (Å²) in [5, 5.41) is 14.4. The highest BCUT2D eigenvalue weighted by Gasteiger charge is 2.23. The van der Waals surface area contributed by atoms with Gasteiger partial charge in [-0.1, -0.05) is 12.1 Å². The molecular weight excluding hydrogens is 501 g/mol. The maximum atomic E-state index is 13.5. The Balaban J connectivity index is 1.06. The average Bonchev–Trinajstić information content (AvgIpc) is 2.98. The molecule has 1 aromatic carbocycles. The first-order valence-electron chi connectivity index (χ1n) is 13.2. The smallest absolute Gasteiger partial charge is 0.271 e. The molecule has 0 spiro atoms. The van der Waals surface area contributed by atoms with Crippen molar-refractivity contribution in [3.8, 4) is 11.3 Å². The van der Waals surface area contributed by atoms with E-state index in [0.717, 1.165) is 45.7 Å². The number of rotatable bonds is 8. The van der Waals surface area contributed by atoms with Crippen LogP contribution in [0.3, 0.4) is 0 Å². The monoisotopic (exact) mass is 533 g/mol. The number of piperidine rings is 1. The van der Waals surface area contributed by atoms with Gasteiger partial charge in [0.1, 0.15) is 5.82 Å². The third kappa shape index (κ3) is 7.12. The number of benzene rings is 1. The van der Waals surface area contributed by atoms with Gasteiger partial charge in [0.15, 0.2) is 11.5 Å². The molecule has 2 aliphatic heterocycles. The fourth-order valence-corrected chi connectivity index (χ4v) is 4.73. The van der Waals surface area contributed by atoms with Crippen molar-refractivity contribution in [1.82, 2.24) is 30.7 Å². The van der Waals surface area contributed by atoms with E-state index in [4.69, 9.17) is 4.74 Å². The van der Waals surface area contributed by atoms with Crippen molar-refractivity contribution in [1.29, 1.82) is 0 Å². The van der Waals surface area contributed by atoms with Gasteiger partial charge in [0, 0.05) is 57.1 Å². The van der Waals surface area contributed by atoms with E-state index in [1.807, 2.05) is 6.07 Å². The zero-order valence-corrected chi connectivity index (χ0v) is 21.7. The number of hydrogen-bond acceptors (Lipinski definition) is 8. The van der Waals surface area contributed by atoms with E-state index in [-0.39, 0.29) is 23.7 Å². The number of pyridine rings is 1. The molecule has 2 N–H and O–H groups in total. The van der Waals surface area contributed by atoms with Crippen molar-refractivity contribution in [3.63, 3.8) is 0 Å². The second-order valence-electron chi connectivity index (χ2n) is 9.66. The summed E-state index contributed by atoms with van der Waals surface area (Å²) in [6.07, 6.45) is 3.03. The van der Waals surface area contributed by atoms with Gasteiger partial charge < -0.3 is 20.3 Å². The second-order valence-corrected chi connectivity index (χ2v) is 9.66. The molecule has 11 heteroatoms. The van der Waals surface area contributed by atoms with Gasteiger partial charge >= 0.3 is 0 Å². The number of aromatic nitrogens is 3. The Kier molecular flexibility index (Phi) is 8.69. The third-order valence-electron chi connectivity index (χ3n) is 7.00. The lowest BCUT2D eigenvalue weighted by Crippen LogP contribution is -2.45. The molecule has 5 rings (SSSR count). The number of anilines is 1. The molecule has 2 amide bonds. The summed E-state index contributed by atoms with van der Waals surface area (Å²) in [5.74, 6) is -0.0375. The van der Waals surface area contributed by atoms with Gasteiger partial charge in [-0.25, -0.2) is 4.39 Å². The number of carbonyl (C=O) groups excluding carboxylic acids is 2. The maximum absolute atomic E-state index is 13.5. The number of nitrogens with zero attached hydrogens (tertiary/aromatic N) is 5. The molecular formula is C28H32FN7O3. The first-order valence-corrected chi connectivity index (χ1v) is 13.2. The largest absolute Gasteiger partial charge is 0.379 e. The molecule has 0 unspecified atom stereocenters. The Morgan fingerprint density at radius 3 is 2.49 bits per heavy atom. The lowest BCUT2D eigenvalue weighted by molar-refractivity contribution is 0.0383. The summed E-state index contributed by atoms with van der Waals surface area (Å²) in [5.41, 5.74) is 2.02. The number of nitrogens with one attached hydrogen (secondary N) is 2. The van der Waals surface area contributed by atoms with E-state index < -0.39 is 0 Å². The van der Waals surface area contributed by atoms with Crippen LogP contribution in [-0.4, -0.2) is 90.4 Å². The molecule has 0 radical (unpaired) electrons. The van der Waals surface area contributed by atoms with Crippen LogP contribution >= 0.6 is 0 Å². The van der Waals surface area contributed by atoms with Crippen LogP contribution in [0.5, 0.6) is 0 Å². The summed E-state index contributed by atoms with van der Waals surface area (Å²) in [7, 11) is 0. The van der Waals surface area contributed by atoms with Crippen molar-refractivity contribution in [2.24, 2.45) is 0 Å². The fraction of sp³-hybridized carbons (Fsp3) is 0.393. The maximum Gasteiger partial charge on any atom is 0.271 e. The fourth-order valence-electron chi connectivity index (χ4n) is 4.73. The molecule has 3 aromatic rings. The number of morpholine rings is 1. The van der Waals surface area contributed by atoms with Crippen LogP contribution in [0.2, 0.25) is 0 Å². The predicted molar refractivity (Wildman–Crippen MR) is 144 cm³/mol. The van der Waals surface area contributed by atoms with Gasteiger partial charge in [0.05, 0.1) is 24.5 Å². The van der Waals surface area contributed by atoms with Crippen LogP contribution < -0.4 is 15.5 Å². The highest BCUT2D eigenvalue weighted by Crippen LogP contribution is 2.20. The summed E-state index contributed by atoms with van der Waals surface area (Å²) in [6, 6.07) is 13.2. The summed E-state index contributed by atoms with van der Waals surface area (Å²) >= 11 is 0. The quantitative estimate of drug-likeness (QED) is 0.453. The molecule has 2 aromatic heterocycles. The van der Waals surface area contributed by atoms with Crippen molar-refractivity contribution >= 4 is 17.6 Å². The SMILES string of the molecule is O=C(NC1CCN(c2ccc(C(=O)NCCN3CCOCC3)nn2)CC1)c1ccc(-c2cccc(F)c2)nc1. The number of amides is 2. The van der Waals surface area contributed by atoms with Gasteiger partial charge in [0.25, 0.3) is 11.8 Å². The molecule has 0 saturated carbocycles. The standard InChI is InChI=1S/C28H32FN7O3/c29-22-3-1-2-20(18-22)24-5-4-21(19-31-24)27(37)32-23-8-11-36(12-9-23)26-7-6-25(33-34-26)28(38)30-10-13-35-14-16-39-17-15-35/h1-7,18-19,23H,8-17H2,(H,30,38)(H,32,37). The van der Waals surface area contributed by atoms with E-state index in [1.54, 1.807) is 30.3 Å². The van der Waals surface area contributed by atoms with Gasteiger partial charge in [-0.05, 0) is 49.2 Å². The molecule has 204 valence electrons. The second kappa shape index (κ2) is 12.7. The third-order valence-corrected chi connectivity index (χ3v) is 7.00. The summed E-state index contributed by atoms with van der Waals surface area (Å²) in [4.78, 5) is 33.8. The highest BCUT2D eigenvalue weighted by atomic mass is 19.1. The zero-order chi connectivity index (χ0) is 27.0. The van der Waals surface area contributed by atoms with Gasteiger partial charge in [-0.2, -0.15) is 0 Å². The van der Waals surface area contributed by atoms with Crippen LogP contribution in [0.1, 0.15) is 33.7 Å². The Labute approximate surface area is 226 Å². The first-order chi connectivity index (χ1) is 19.0. The molecule has 2 fully saturated rings. The Morgan fingerprint density at radius 2 is 1.79 bits per heavy atom. The predicted octanol–water partition coefficient (Wildman–Crippen LogP) is 2.14. The average molecular weight is 534 g/mol. The number of carbonyl (C=O) groups is 2. The van der Waals surface area contributed by atoms with Crippen molar-refractivity contribution < 1.29 is 18.7 Å². The molecule has 4 heterocycles. The molecule has 39 heavy (non-hydrogen) atoms. The van der Waals surface area contributed by atoms with Crippen LogP contribution in [0.25, 0.3) is 11.3 Å². The van der Waals surface area contributed by atoms with Crippen LogP contribution in [0, 0.1) is 5.82 Å². The van der Waals surface area contributed by atoms with E-state index in [1.165, 1.54) is 18.3 Å². The Bertz CT molecular complexity index is 1260. The van der Waals surface area contributed by atoms with Crippen LogP contribution in [-0.2, 0) is 4.74 Å². The number of hydrogen-bond donors (Lipinski definition) is 2. The van der Waals surface area contributed by atoms with Crippen molar-refractivity contribution in [2.75, 3.05) is 57.4 Å². The Hall–Kier alpha value is -3.96. The summed E-state index contributed by atoms with van der Waals surface area (Å²) < 4.78 is 18.8. The molecule has 0 bridgehead atoms. The first kappa shape index (κ1) is 26.6. The minimum atomic E-state index is -0.329. The minimum Gasteiger partial charge on any atom is -0.379 e. The molecule has 2 saturated heterocycles. The Morgan fingerprint density at radius 1 is 0.974 bits per heavy atom. The van der Waals surface area contributed by atoms with E-state index in [2.05, 4.69) is 35.6 Å². The van der Waals surface area contributed by atoms with Crippen LogP contribution in [0.4, 0.5) is 10.2 Å². The highest BCUT2D eigenvalue weighted by molar-refractivity contribution is 5.94. The minimum absolute atomic E-state index is 0.0288. The van der Waals surface area contributed by atoms with Crippen LogP contribution in [0.15, 0.2) is 54.7 Å². The van der Waals surface area contributed by atoms with E-state index in [9.17, 15) is 14.0 Å². The topological polar surface area (TPSA) is 113 Å². The number of ether oxygens (including phenoxy) is 1. The normalized spacial score (nSPS) is 16.6. The lowest BCUT2D eigenvalue weighted by Gasteiger charge is -2.32. The molecule has 2 aliphatic rings. The molecule has 10 nitrogen and oxygen atoms in total. The van der Waals surface area contributed by atoms with E-state index in [0.29, 0.717) is 48.0 Å². The van der Waals surface area contributed by atoms with Crippen molar-refractivity contribution in [2.45, 2.75) is 18.9 Å². The number of halogens is 1. The zero-order valence-electron chi connectivity index (χ0n) is 21.7. The van der Waals surface area contributed by atoms with Crippen molar-refractivity contribution in [3.05, 3.63) is 71.8 Å². The van der Waals surface area contributed by atoms with E-state index >= 15 is 0 Å².